The van der Waals surface area contributed by atoms with Gasteiger partial charge in [0.25, 0.3) is 0 Å². The highest BCUT2D eigenvalue weighted by Gasteiger charge is 2.23. The van der Waals surface area contributed by atoms with Crippen molar-refractivity contribution in [1.82, 2.24) is 5.32 Å². The molecule has 2 nitrogen and oxygen atoms in total. The fourth-order valence-corrected chi connectivity index (χ4v) is 2.61. The normalized spacial score (nSPS) is 20.4. The maximum absolute atomic E-state index is 6.24. The summed E-state index contributed by atoms with van der Waals surface area (Å²) in [5.74, 6) is 0.751. The molecule has 0 spiro atoms. The molecule has 1 atom stereocenters. The van der Waals surface area contributed by atoms with E-state index in [1.807, 2.05) is 13.1 Å². The van der Waals surface area contributed by atoms with Crippen LogP contribution in [0.1, 0.15) is 12.0 Å². The fraction of sp³-hybridized carbons (Fsp3) is 0.538. The van der Waals surface area contributed by atoms with Crippen LogP contribution < -0.4 is 10.2 Å². The lowest BCUT2D eigenvalue weighted by Crippen LogP contribution is -2.24. The maximum atomic E-state index is 6.24. The summed E-state index contributed by atoms with van der Waals surface area (Å²) in [5.41, 5.74) is 2.47. The predicted molar refractivity (Wildman–Crippen MR) is 70.4 cm³/mol. The SMILES string of the molecule is CNCC1CCN(c2cc(C)ccc2Cl)C1. The minimum absolute atomic E-state index is 0.751. The molecule has 1 heterocycles. The van der Waals surface area contributed by atoms with Gasteiger partial charge in [-0.1, -0.05) is 17.7 Å². The van der Waals surface area contributed by atoms with Gasteiger partial charge in [-0.2, -0.15) is 0 Å². The highest BCUT2D eigenvalue weighted by Crippen LogP contribution is 2.30. The number of hydrogen-bond donors (Lipinski definition) is 1. The molecule has 3 heteroatoms. The summed E-state index contributed by atoms with van der Waals surface area (Å²) in [6.45, 7) is 5.44. The van der Waals surface area contributed by atoms with E-state index in [2.05, 4.69) is 29.3 Å². The third kappa shape index (κ3) is 2.50. The van der Waals surface area contributed by atoms with Gasteiger partial charge in [0.15, 0.2) is 0 Å². The van der Waals surface area contributed by atoms with E-state index in [1.54, 1.807) is 0 Å². The summed E-state index contributed by atoms with van der Waals surface area (Å²) in [4.78, 5) is 2.40. The van der Waals surface area contributed by atoms with Crippen molar-refractivity contribution in [2.45, 2.75) is 13.3 Å². The summed E-state index contributed by atoms with van der Waals surface area (Å²) >= 11 is 6.24. The van der Waals surface area contributed by atoms with Gasteiger partial charge in [-0.3, -0.25) is 0 Å². The van der Waals surface area contributed by atoms with Crippen LogP contribution in [0.4, 0.5) is 5.69 Å². The van der Waals surface area contributed by atoms with Crippen molar-refractivity contribution in [2.24, 2.45) is 5.92 Å². The second-order valence-electron chi connectivity index (χ2n) is 4.61. The molecule has 0 aliphatic carbocycles. The largest absolute Gasteiger partial charge is 0.370 e. The number of rotatable bonds is 3. The lowest BCUT2D eigenvalue weighted by atomic mass is 10.1. The third-order valence-corrected chi connectivity index (χ3v) is 3.54. The minimum atomic E-state index is 0.751. The second-order valence-corrected chi connectivity index (χ2v) is 5.02. The molecule has 0 saturated carbocycles. The van der Waals surface area contributed by atoms with Gasteiger partial charge in [-0.15, -0.1) is 0 Å². The van der Waals surface area contributed by atoms with E-state index in [4.69, 9.17) is 11.6 Å². The molecule has 0 bridgehead atoms. The van der Waals surface area contributed by atoms with Crippen LogP contribution in [0.2, 0.25) is 5.02 Å². The van der Waals surface area contributed by atoms with Crippen LogP contribution in [-0.2, 0) is 0 Å². The van der Waals surface area contributed by atoms with Crippen molar-refractivity contribution in [3.63, 3.8) is 0 Å². The molecule has 1 unspecified atom stereocenters. The first-order chi connectivity index (χ1) is 7.70. The van der Waals surface area contributed by atoms with Gasteiger partial charge in [0, 0.05) is 13.1 Å². The summed E-state index contributed by atoms with van der Waals surface area (Å²) < 4.78 is 0. The van der Waals surface area contributed by atoms with E-state index >= 15 is 0 Å². The van der Waals surface area contributed by atoms with Gasteiger partial charge in [-0.05, 0) is 50.6 Å². The van der Waals surface area contributed by atoms with Gasteiger partial charge >= 0.3 is 0 Å². The van der Waals surface area contributed by atoms with E-state index in [1.165, 1.54) is 17.7 Å². The van der Waals surface area contributed by atoms with Crippen molar-refractivity contribution in [3.05, 3.63) is 28.8 Å². The van der Waals surface area contributed by atoms with E-state index in [0.29, 0.717) is 0 Å². The zero-order valence-electron chi connectivity index (χ0n) is 9.96. The Balaban J connectivity index is 2.11. The summed E-state index contributed by atoms with van der Waals surface area (Å²) in [6, 6.07) is 6.24. The van der Waals surface area contributed by atoms with Gasteiger partial charge in [0.1, 0.15) is 0 Å². The third-order valence-electron chi connectivity index (χ3n) is 3.22. The number of halogens is 1. The average molecular weight is 239 g/mol. The molecule has 0 radical (unpaired) electrons. The molecule has 1 aromatic rings. The number of benzene rings is 1. The number of aryl methyl sites for hydroxylation is 1. The Bertz CT molecular complexity index is 365. The number of nitrogens with zero attached hydrogens (tertiary/aromatic N) is 1. The Hall–Kier alpha value is -0.730. The topological polar surface area (TPSA) is 15.3 Å². The minimum Gasteiger partial charge on any atom is -0.370 e. The van der Waals surface area contributed by atoms with E-state index < -0.39 is 0 Å². The lowest BCUT2D eigenvalue weighted by Gasteiger charge is -2.20. The monoisotopic (exact) mass is 238 g/mol. The second kappa shape index (κ2) is 5.07. The first kappa shape index (κ1) is 11.7. The molecule has 1 saturated heterocycles. The number of anilines is 1. The molecule has 1 aliphatic rings. The molecular weight excluding hydrogens is 220 g/mol. The Labute approximate surface area is 103 Å². The Morgan fingerprint density at radius 3 is 3.06 bits per heavy atom. The van der Waals surface area contributed by atoms with Crippen LogP contribution in [0, 0.1) is 12.8 Å². The number of hydrogen-bond acceptors (Lipinski definition) is 2. The highest BCUT2D eigenvalue weighted by molar-refractivity contribution is 6.33. The number of nitrogens with one attached hydrogen (secondary N) is 1. The summed E-state index contributed by atoms with van der Waals surface area (Å²) in [6.07, 6.45) is 1.26. The van der Waals surface area contributed by atoms with Crippen molar-refractivity contribution in [1.29, 1.82) is 0 Å². The molecule has 16 heavy (non-hydrogen) atoms. The van der Waals surface area contributed by atoms with Crippen molar-refractivity contribution < 1.29 is 0 Å². The van der Waals surface area contributed by atoms with Gasteiger partial charge in [-0.25, -0.2) is 0 Å². The van der Waals surface area contributed by atoms with E-state index in [-0.39, 0.29) is 0 Å². The van der Waals surface area contributed by atoms with Crippen molar-refractivity contribution in [2.75, 3.05) is 31.6 Å². The first-order valence-electron chi connectivity index (χ1n) is 5.86. The van der Waals surface area contributed by atoms with Gasteiger partial charge in [0.05, 0.1) is 10.7 Å². The van der Waals surface area contributed by atoms with Crippen LogP contribution in [0.15, 0.2) is 18.2 Å². The molecule has 1 aliphatic heterocycles. The molecule has 0 amide bonds. The Morgan fingerprint density at radius 1 is 1.50 bits per heavy atom. The van der Waals surface area contributed by atoms with Gasteiger partial charge in [0.2, 0.25) is 0 Å². The van der Waals surface area contributed by atoms with Crippen LogP contribution in [0.25, 0.3) is 0 Å². The van der Waals surface area contributed by atoms with Crippen molar-refractivity contribution >= 4 is 17.3 Å². The standard InChI is InChI=1S/C13H19ClN2/c1-10-3-4-12(14)13(7-10)16-6-5-11(9-16)8-15-2/h3-4,7,11,15H,5-6,8-9H2,1-2H3. The molecular formula is C13H19ClN2. The maximum Gasteiger partial charge on any atom is 0.0639 e. The summed E-state index contributed by atoms with van der Waals surface area (Å²) in [7, 11) is 2.02. The lowest BCUT2D eigenvalue weighted by molar-refractivity contribution is 0.549. The predicted octanol–water partition coefficient (Wildman–Crippen LogP) is 2.69. The van der Waals surface area contributed by atoms with E-state index in [0.717, 1.165) is 30.6 Å². The molecule has 1 fully saturated rings. The van der Waals surface area contributed by atoms with Crippen LogP contribution in [0.3, 0.4) is 0 Å². The van der Waals surface area contributed by atoms with Crippen molar-refractivity contribution in [3.8, 4) is 0 Å². The Kier molecular flexibility index (Phi) is 3.72. The quantitative estimate of drug-likeness (QED) is 0.871. The molecule has 1 aromatic carbocycles. The zero-order chi connectivity index (χ0) is 11.5. The highest BCUT2D eigenvalue weighted by atomic mass is 35.5. The van der Waals surface area contributed by atoms with Crippen LogP contribution >= 0.6 is 11.6 Å². The van der Waals surface area contributed by atoms with E-state index in [9.17, 15) is 0 Å². The summed E-state index contributed by atoms with van der Waals surface area (Å²) in [5, 5.41) is 4.12. The molecule has 88 valence electrons. The Morgan fingerprint density at radius 2 is 2.31 bits per heavy atom. The molecule has 0 aromatic heterocycles. The first-order valence-corrected chi connectivity index (χ1v) is 6.24. The van der Waals surface area contributed by atoms with Crippen LogP contribution in [-0.4, -0.2) is 26.7 Å². The molecule has 2 rings (SSSR count). The molecule has 1 N–H and O–H groups in total. The fourth-order valence-electron chi connectivity index (χ4n) is 2.37. The van der Waals surface area contributed by atoms with Crippen LogP contribution in [0.5, 0.6) is 0 Å². The zero-order valence-corrected chi connectivity index (χ0v) is 10.7. The smallest absolute Gasteiger partial charge is 0.0639 e. The van der Waals surface area contributed by atoms with Gasteiger partial charge < -0.3 is 10.2 Å². The average Bonchev–Trinajstić information content (AvgIpc) is 2.71.